The van der Waals surface area contributed by atoms with Gasteiger partial charge in [-0.2, -0.15) is 0 Å². The fraction of sp³-hybridized carbons (Fsp3) is 0.500. The number of benzene rings is 1. The lowest BCUT2D eigenvalue weighted by Gasteiger charge is -2.32. The van der Waals surface area contributed by atoms with Gasteiger partial charge >= 0.3 is 0 Å². The molecule has 2 rings (SSSR count). The molecule has 2 N–H and O–H groups in total. The summed E-state index contributed by atoms with van der Waals surface area (Å²) in [5.74, 6) is 0.290. The van der Waals surface area contributed by atoms with Gasteiger partial charge in [0.15, 0.2) is 0 Å². The number of rotatable bonds is 2. The van der Waals surface area contributed by atoms with Crippen molar-refractivity contribution in [3.05, 3.63) is 23.8 Å². The van der Waals surface area contributed by atoms with Gasteiger partial charge in [0.25, 0.3) is 0 Å². The summed E-state index contributed by atoms with van der Waals surface area (Å²) >= 11 is 0. The highest BCUT2D eigenvalue weighted by atomic mass is 16.3. The lowest BCUT2D eigenvalue weighted by Crippen LogP contribution is -2.43. The SMILES string of the molecule is CN1CCN(Cc2ccc(O)cc2O)CC1. The molecule has 1 aromatic carbocycles. The van der Waals surface area contributed by atoms with Gasteiger partial charge in [-0.05, 0) is 13.1 Å². The van der Waals surface area contributed by atoms with E-state index in [0.29, 0.717) is 0 Å². The Balaban J connectivity index is 1.98. The van der Waals surface area contributed by atoms with Gasteiger partial charge in [-0.3, -0.25) is 4.90 Å². The summed E-state index contributed by atoms with van der Waals surface area (Å²) in [6.07, 6.45) is 0. The molecule has 0 bridgehead atoms. The molecule has 0 spiro atoms. The van der Waals surface area contributed by atoms with Crippen LogP contribution in [0.5, 0.6) is 11.5 Å². The molecule has 16 heavy (non-hydrogen) atoms. The van der Waals surface area contributed by atoms with Crippen LogP contribution in [-0.2, 0) is 6.54 Å². The molecule has 0 aromatic heterocycles. The van der Waals surface area contributed by atoms with E-state index in [1.807, 2.05) is 0 Å². The second-order valence-corrected chi connectivity index (χ2v) is 4.39. The van der Waals surface area contributed by atoms with Crippen LogP contribution in [0.4, 0.5) is 0 Å². The first-order chi connectivity index (χ1) is 7.65. The lowest BCUT2D eigenvalue weighted by molar-refractivity contribution is 0.147. The van der Waals surface area contributed by atoms with Gasteiger partial charge in [0.2, 0.25) is 0 Å². The fourth-order valence-electron chi connectivity index (χ4n) is 1.93. The molecular weight excluding hydrogens is 204 g/mol. The van der Waals surface area contributed by atoms with Gasteiger partial charge in [0, 0.05) is 44.4 Å². The van der Waals surface area contributed by atoms with Crippen LogP contribution in [0, 0.1) is 0 Å². The third-order valence-corrected chi connectivity index (χ3v) is 3.06. The summed E-state index contributed by atoms with van der Waals surface area (Å²) in [4.78, 5) is 4.61. The summed E-state index contributed by atoms with van der Waals surface area (Å²) in [6, 6.07) is 4.79. The zero-order chi connectivity index (χ0) is 11.5. The molecule has 4 heteroatoms. The minimum atomic E-state index is 0.111. The average Bonchev–Trinajstić information content (AvgIpc) is 2.25. The Hall–Kier alpha value is -1.26. The van der Waals surface area contributed by atoms with E-state index in [-0.39, 0.29) is 11.5 Å². The van der Waals surface area contributed by atoms with Crippen LogP contribution in [0.15, 0.2) is 18.2 Å². The van der Waals surface area contributed by atoms with Crippen LogP contribution in [0.25, 0.3) is 0 Å². The Morgan fingerprint density at radius 2 is 1.81 bits per heavy atom. The Kier molecular flexibility index (Phi) is 3.31. The Morgan fingerprint density at radius 1 is 1.12 bits per heavy atom. The summed E-state index contributed by atoms with van der Waals surface area (Å²) in [5.41, 5.74) is 0.877. The molecule has 0 saturated carbocycles. The summed E-state index contributed by atoms with van der Waals surface area (Å²) in [5, 5.41) is 18.9. The van der Waals surface area contributed by atoms with E-state index in [1.54, 1.807) is 12.1 Å². The van der Waals surface area contributed by atoms with E-state index in [0.717, 1.165) is 38.3 Å². The number of hydrogen-bond acceptors (Lipinski definition) is 4. The van der Waals surface area contributed by atoms with Gasteiger partial charge in [0.05, 0.1) is 0 Å². The van der Waals surface area contributed by atoms with Crippen LogP contribution in [0.3, 0.4) is 0 Å². The average molecular weight is 222 g/mol. The monoisotopic (exact) mass is 222 g/mol. The van der Waals surface area contributed by atoms with Crippen LogP contribution in [0.2, 0.25) is 0 Å². The number of phenolic OH excluding ortho intramolecular Hbond substituents is 2. The van der Waals surface area contributed by atoms with Gasteiger partial charge in [-0.1, -0.05) is 6.07 Å². The van der Waals surface area contributed by atoms with Gasteiger partial charge in [0.1, 0.15) is 11.5 Å². The van der Waals surface area contributed by atoms with Crippen molar-refractivity contribution < 1.29 is 10.2 Å². The van der Waals surface area contributed by atoms with Gasteiger partial charge < -0.3 is 15.1 Å². The van der Waals surface area contributed by atoms with Crippen molar-refractivity contribution in [3.63, 3.8) is 0 Å². The number of nitrogens with zero attached hydrogens (tertiary/aromatic N) is 2. The van der Waals surface area contributed by atoms with Crippen LogP contribution in [0.1, 0.15) is 5.56 Å². The van der Waals surface area contributed by atoms with Crippen molar-refractivity contribution in [2.75, 3.05) is 33.2 Å². The molecule has 1 aliphatic heterocycles. The van der Waals surface area contributed by atoms with E-state index in [1.165, 1.54) is 6.07 Å². The molecule has 0 unspecified atom stereocenters. The van der Waals surface area contributed by atoms with Crippen molar-refractivity contribution in [2.24, 2.45) is 0 Å². The number of likely N-dealkylation sites (N-methyl/N-ethyl adjacent to an activating group) is 1. The van der Waals surface area contributed by atoms with Crippen LogP contribution < -0.4 is 0 Å². The fourth-order valence-corrected chi connectivity index (χ4v) is 1.93. The summed E-state index contributed by atoms with van der Waals surface area (Å²) < 4.78 is 0. The molecule has 0 aliphatic carbocycles. The number of aromatic hydroxyl groups is 2. The number of phenols is 2. The molecule has 0 amide bonds. The van der Waals surface area contributed by atoms with Crippen molar-refractivity contribution >= 4 is 0 Å². The quantitative estimate of drug-likeness (QED) is 0.778. The molecule has 88 valence electrons. The van der Waals surface area contributed by atoms with Crippen LogP contribution in [-0.4, -0.2) is 53.2 Å². The van der Waals surface area contributed by atoms with E-state index >= 15 is 0 Å². The van der Waals surface area contributed by atoms with Gasteiger partial charge in [-0.15, -0.1) is 0 Å². The minimum Gasteiger partial charge on any atom is -0.508 e. The van der Waals surface area contributed by atoms with Crippen molar-refractivity contribution in [1.82, 2.24) is 9.80 Å². The molecule has 1 fully saturated rings. The van der Waals surface area contributed by atoms with E-state index in [2.05, 4.69) is 16.8 Å². The number of hydrogen-bond donors (Lipinski definition) is 2. The van der Waals surface area contributed by atoms with E-state index < -0.39 is 0 Å². The highest BCUT2D eigenvalue weighted by Gasteiger charge is 2.15. The molecule has 4 nitrogen and oxygen atoms in total. The largest absolute Gasteiger partial charge is 0.508 e. The minimum absolute atomic E-state index is 0.111. The van der Waals surface area contributed by atoms with Gasteiger partial charge in [-0.25, -0.2) is 0 Å². The van der Waals surface area contributed by atoms with E-state index in [4.69, 9.17) is 0 Å². The first-order valence-electron chi connectivity index (χ1n) is 5.57. The molecule has 0 radical (unpaired) electrons. The maximum atomic E-state index is 9.68. The van der Waals surface area contributed by atoms with Crippen molar-refractivity contribution in [2.45, 2.75) is 6.54 Å². The highest BCUT2D eigenvalue weighted by Crippen LogP contribution is 2.23. The maximum Gasteiger partial charge on any atom is 0.123 e. The molecule has 1 heterocycles. The lowest BCUT2D eigenvalue weighted by atomic mass is 10.1. The first-order valence-corrected chi connectivity index (χ1v) is 5.57. The second-order valence-electron chi connectivity index (χ2n) is 4.39. The van der Waals surface area contributed by atoms with E-state index in [9.17, 15) is 10.2 Å². The van der Waals surface area contributed by atoms with Crippen LogP contribution >= 0.6 is 0 Å². The summed E-state index contributed by atoms with van der Waals surface area (Å²) in [6.45, 7) is 4.94. The third-order valence-electron chi connectivity index (χ3n) is 3.06. The predicted molar refractivity (Wildman–Crippen MR) is 62.5 cm³/mol. The smallest absolute Gasteiger partial charge is 0.123 e. The zero-order valence-corrected chi connectivity index (χ0v) is 9.56. The maximum absolute atomic E-state index is 9.68. The van der Waals surface area contributed by atoms with Crippen molar-refractivity contribution in [1.29, 1.82) is 0 Å². The standard InChI is InChI=1S/C12H18N2O2/c1-13-4-6-14(7-5-13)9-10-2-3-11(15)8-12(10)16/h2-3,8,15-16H,4-7,9H2,1H3. The third kappa shape index (κ3) is 2.65. The highest BCUT2D eigenvalue weighted by molar-refractivity contribution is 5.38. The Morgan fingerprint density at radius 3 is 2.44 bits per heavy atom. The first kappa shape index (κ1) is 11.2. The molecule has 1 aromatic rings. The molecule has 0 atom stereocenters. The van der Waals surface area contributed by atoms with Crippen molar-refractivity contribution in [3.8, 4) is 11.5 Å². The zero-order valence-electron chi connectivity index (χ0n) is 9.56. The Bertz CT molecular complexity index is 360. The normalized spacial score (nSPS) is 18.8. The molecular formula is C12H18N2O2. The number of piperazine rings is 1. The molecule has 1 aliphatic rings. The topological polar surface area (TPSA) is 46.9 Å². The molecule has 1 saturated heterocycles. The predicted octanol–water partition coefficient (Wildman–Crippen LogP) is 0.845. The Labute approximate surface area is 95.7 Å². The summed E-state index contributed by atoms with van der Waals surface area (Å²) in [7, 11) is 2.12. The second kappa shape index (κ2) is 4.72.